The summed E-state index contributed by atoms with van der Waals surface area (Å²) in [5.74, 6) is -0.150. The normalized spacial score (nSPS) is 28.2. The summed E-state index contributed by atoms with van der Waals surface area (Å²) in [4.78, 5) is 23.1. The van der Waals surface area contributed by atoms with E-state index < -0.39 is 17.7 Å². The van der Waals surface area contributed by atoms with Crippen molar-refractivity contribution in [1.82, 2.24) is 9.80 Å². The molecule has 1 amide bonds. The van der Waals surface area contributed by atoms with Gasteiger partial charge in [0, 0.05) is 28.8 Å². The van der Waals surface area contributed by atoms with Gasteiger partial charge in [-0.1, -0.05) is 61.3 Å². The maximum Gasteiger partial charge on any atom is 0.262 e. The number of likely N-dealkylation sites (tertiary alicyclic amines) is 1. The third-order valence-electron chi connectivity index (χ3n) is 6.91. The van der Waals surface area contributed by atoms with Crippen molar-refractivity contribution in [2.24, 2.45) is 10.9 Å². The van der Waals surface area contributed by atoms with Crippen molar-refractivity contribution in [3.8, 4) is 0 Å². The molecule has 5 rings (SSSR count). The highest BCUT2D eigenvalue weighted by molar-refractivity contribution is 8.18. The molecule has 0 bridgehead atoms. The number of allylic oxidation sites excluding steroid dienone is 1. The number of hydrogen-bond donors (Lipinski definition) is 2. The summed E-state index contributed by atoms with van der Waals surface area (Å²) >= 11 is 13.8. The Kier molecular flexibility index (Phi) is 6.43. The maximum atomic E-state index is 13.6. The molecule has 3 heterocycles. The number of thioether (sulfide) groups is 1. The van der Waals surface area contributed by atoms with Crippen molar-refractivity contribution in [3.63, 3.8) is 0 Å². The molecule has 2 N–H and O–H groups in total. The second-order valence-electron chi connectivity index (χ2n) is 9.69. The summed E-state index contributed by atoms with van der Waals surface area (Å²) in [6.45, 7) is 6.47. The Morgan fingerprint density at radius 1 is 1.03 bits per heavy atom. The van der Waals surface area contributed by atoms with Gasteiger partial charge in [-0.25, -0.2) is 4.99 Å². The minimum atomic E-state index is -0.930. The molecule has 0 spiro atoms. The van der Waals surface area contributed by atoms with Gasteiger partial charge in [0.2, 0.25) is 0 Å². The Hall–Kier alpha value is -2.03. The number of β-amino-alcohol motifs (C(OH)–C–C–N with tert-alkyl or cyclic N) is 2. The molecular weight excluding hydrogens is 505 g/mol. The fourth-order valence-corrected chi connectivity index (χ4v) is 6.77. The number of aliphatic hydroxyl groups excluding tert-OH is 2. The van der Waals surface area contributed by atoms with Crippen LogP contribution in [0.25, 0.3) is 0 Å². The van der Waals surface area contributed by atoms with E-state index in [4.69, 9.17) is 28.2 Å². The molecular formula is C26H27Cl2N3O3S. The van der Waals surface area contributed by atoms with Crippen LogP contribution in [0, 0.1) is 5.92 Å². The van der Waals surface area contributed by atoms with Gasteiger partial charge in [0.25, 0.3) is 5.91 Å². The van der Waals surface area contributed by atoms with Gasteiger partial charge >= 0.3 is 0 Å². The highest BCUT2D eigenvalue weighted by Crippen LogP contribution is 2.56. The second-order valence-corrected chi connectivity index (χ2v) is 11.5. The molecule has 184 valence electrons. The molecule has 2 aromatic rings. The molecule has 0 saturated carbocycles. The lowest BCUT2D eigenvalue weighted by atomic mass is 9.81. The number of aliphatic hydroxyl groups is 2. The van der Waals surface area contributed by atoms with Gasteiger partial charge < -0.3 is 20.0 Å². The number of halogens is 2. The zero-order valence-electron chi connectivity index (χ0n) is 19.7. The van der Waals surface area contributed by atoms with E-state index >= 15 is 0 Å². The number of amidine groups is 1. The van der Waals surface area contributed by atoms with E-state index in [-0.39, 0.29) is 31.0 Å². The van der Waals surface area contributed by atoms with Crippen LogP contribution in [0.1, 0.15) is 37.9 Å². The standard InChI is InChI=1S/C26H27Cl2N3O3S/c1-14(2)21-22(24(34)30-12-19(32)20(33)13-30)35-25-29-26(3,16-6-10-18(28)11-7-16)23(31(21)25)15-4-8-17(27)9-5-15/h4-11,14,19-20,23,32-33H,12-13H2,1-3H3/t19-,20+,23?,26?. The van der Waals surface area contributed by atoms with Crippen molar-refractivity contribution in [3.05, 3.63) is 80.3 Å². The van der Waals surface area contributed by atoms with Crippen LogP contribution in [-0.2, 0) is 10.3 Å². The van der Waals surface area contributed by atoms with Gasteiger partial charge in [-0.05, 0) is 60.0 Å². The first-order valence-corrected chi connectivity index (χ1v) is 13.2. The van der Waals surface area contributed by atoms with Crippen LogP contribution in [0.15, 0.2) is 64.1 Å². The van der Waals surface area contributed by atoms with E-state index in [1.165, 1.54) is 16.7 Å². The van der Waals surface area contributed by atoms with Gasteiger partial charge in [0.15, 0.2) is 5.17 Å². The van der Waals surface area contributed by atoms with Gasteiger partial charge in [-0.3, -0.25) is 4.79 Å². The van der Waals surface area contributed by atoms with Gasteiger partial charge in [-0.15, -0.1) is 0 Å². The number of rotatable bonds is 4. The number of hydrogen-bond acceptors (Lipinski definition) is 6. The molecule has 3 aliphatic heterocycles. The van der Waals surface area contributed by atoms with E-state index in [0.29, 0.717) is 15.0 Å². The molecule has 1 fully saturated rings. The minimum absolute atomic E-state index is 0.0361. The zero-order valence-corrected chi connectivity index (χ0v) is 22.0. The molecule has 6 nitrogen and oxygen atoms in total. The molecule has 9 heteroatoms. The topological polar surface area (TPSA) is 76.4 Å². The van der Waals surface area contributed by atoms with Crippen molar-refractivity contribution < 1.29 is 15.0 Å². The maximum absolute atomic E-state index is 13.6. The first kappa shape index (κ1) is 24.7. The Morgan fingerprint density at radius 3 is 2.11 bits per heavy atom. The summed E-state index contributed by atoms with van der Waals surface area (Å²) in [5, 5.41) is 22.1. The number of fused-ring (bicyclic) bond motifs is 1. The monoisotopic (exact) mass is 531 g/mol. The molecule has 3 aliphatic rings. The molecule has 2 unspecified atom stereocenters. The van der Waals surface area contributed by atoms with E-state index in [1.807, 2.05) is 48.5 Å². The second kappa shape index (κ2) is 9.12. The van der Waals surface area contributed by atoms with E-state index in [2.05, 4.69) is 25.7 Å². The first-order valence-electron chi connectivity index (χ1n) is 11.6. The minimum Gasteiger partial charge on any atom is -0.388 e. The molecule has 0 aromatic heterocycles. The molecule has 4 atom stereocenters. The zero-order chi connectivity index (χ0) is 25.1. The lowest BCUT2D eigenvalue weighted by Gasteiger charge is -2.37. The third kappa shape index (κ3) is 4.17. The number of carbonyl (C=O) groups excluding carboxylic acids is 1. The van der Waals surface area contributed by atoms with Crippen LogP contribution < -0.4 is 0 Å². The lowest BCUT2D eigenvalue weighted by Crippen LogP contribution is -2.36. The SMILES string of the molecule is CC(C)C1=C(C(=O)N2C[C@@H](O)[C@@H](O)C2)SC2=NC(C)(c3ccc(Cl)cc3)C(c3ccc(Cl)cc3)N21. The van der Waals surface area contributed by atoms with E-state index in [0.717, 1.165) is 22.0 Å². The number of benzene rings is 2. The fraction of sp³-hybridized carbons (Fsp3) is 0.385. The van der Waals surface area contributed by atoms with Crippen molar-refractivity contribution in [2.45, 2.75) is 44.6 Å². The number of nitrogens with zero attached hydrogens (tertiary/aromatic N) is 3. The number of carbonyl (C=O) groups is 1. The molecule has 0 aliphatic carbocycles. The predicted molar refractivity (Wildman–Crippen MR) is 140 cm³/mol. The van der Waals surface area contributed by atoms with Crippen molar-refractivity contribution in [1.29, 1.82) is 0 Å². The smallest absolute Gasteiger partial charge is 0.262 e. The first-order chi connectivity index (χ1) is 16.6. The molecule has 1 saturated heterocycles. The Morgan fingerprint density at radius 2 is 1.57 bits per heavy atom. The fourth-order valence-electron chi connectivity index (χ4n) is 5.14. The summed E-state index contributed by atoms with van der Waals surface area (Å²) in [6, 6.07) is 15.3. The van der Waals surface area contributed by atoms with Crippen LogP contribution in [-0.4, -0.2) is 56.4 Å². The summed E-state index contributed by atoms with van der Waals surface area (Å²) in [7, 11) is 0. The Bertz CT molecular complexity index is 1210. The van der Waals surface area contributed by atoms with Crippen LogP contribution in [0.2, 0.25) is 10.0 Å². The lowest BCUT2D eigenvalue weighted by molar-refractivity contribution is -0.126. The van der Waals surface area contributed by atoms with Gasteiger partial charge in [-0.2, -0.15) is 0 Å². The van der Waals surface area contributed by atoms with Gasteiger partial charge in [0.1, 0.15) is 10.4 Å². The average Bonchev–Trinajstić information content (AvgIpc) is 3.43. The van der Waals surface area contributed by atoms with Crippen LogP contribution in [0.4, 0.5) is 0 Å². The van der Waals surface area contributed by atoms with Crippen LogP contribution in [0.3, 0.4) is 0 Å². The van der Waals surface area contributed by atoms with Gasteiger partial charge in [0.05, 0.1) is 18.2 Å². The molecule has 35 heavy (non-hydrogen) atoms. The van der Waals surface area contributed by atoms with E-state index in [9.17, 15) is 15.0 Å². The summed E-state index contributed by atoms with van der Waals surface area (Å²) < 4.78 is 0. The quantitative estimate of drug-likeness (QED) is 0.592. The average molecular weight is 532 g/mol. The van der Waals surface area contributed by atoms with E-state index in [1.54, 1.807) is 0 Å². The molecule has 2 aromatic carbocycles. The largest absolute Gasteiger partial charge is 0.388 e. The van der Waals surface area contributed by atoms with Crippen molar-refractivity contribution >= 4 is 46.0 Å². The number of aliphatic imine (C=N–C) groups is 1. The Labute approximate surface area is 219 Å². The van der Waals surface area contributed by atoms with Crippen molar-refractivity contribution in [2.75, 3.05) is 13.1 Å². The Balaban J connectivity index is 1.62. The van der Waals surface area contributed by atoms with Crippen LogP contribution >= 0.6 is 35.0 Å². The van der Waals surface area contributed by atoms with Crippen LogP contribution in [0.5, 0.6) is 0 Å². The third-order valence-corrected chi connectivity index (χ3v) is 8.47. The molecule has 0 radical (unpaired) electrons. The number of amides is 1. The summed E-state index contributed by atoms with van der Waals surface area (Å²) in [6.07, 6.45) is -1.86. The predicted octanol–water partition coefficient (Wildman–Crippen LogP) is 4.80. The highest BCUT2D eigenvalue weighted by atomic mass is 35.5. The summed E-state index contributed by atoms with van der Waals surface area (Å²) in [5.41, 5.74) is 2.32. The highest BCUT2D eigenvalue weighted by Gasteiger charge is 2.53.